The van der Waals surface area contributed by atoms with E-state index in [9.17, 15) is 9.59 Å². The molecule has 0 unspecified atom stereocenters. The number of hydrogen-bond acceptors (Lipinski definition) is 7. The summed E-state index contributed by atoms with van der Waals surface area (Å²) in [4.78, 5) is 29.2. The van der Waals surface area contributed by atoms with Crippen LogP contribution in [-0.2, 0) is 20.9 Å². The maximum atomic E-state index is 12.6. The predicted octanol–water partition coefficient (Wildman–Crippen LogP) is 4.99. The number of alkyl carbamates (subject to hydrolysis) is 1. The standard InChI is InChI=1S/C25H40N4O5Si/c1-8-33-23(30)20-15-26-22-19(9-10-29(22)16-32-11-12-35(5,6)7)21(20)27-17-13-18(14-17)28-24(31)34-25(2,3)4/h9-10,15,17-18H,8,11-14,16H2,1-7H3,(H,26,27)(H,28,31)/t17-,18+. The lowest BCUT2D eigenvalue weighted by Gasteiger charge is -2.37. The van der Waals surface area contributed by atoms with Crippen molar-refractivity contribution in [2.45, 2.75) is 90.6 Å². The zero-order valence-electron chi connectivity index (χ0n) is 22.1. The molecular formula is C25H40N4O5Si. The van der Waals surface area contributed by atoms with Crippen molar-refractivity contribution in [3.63, 3.8) is 0 Å². The van der Waals surface area contributed by atoms with Crippen LogP contribution >= 0.6 is 0 Å². The molecule has 0 atom stereocenters. The lowest BCUT2D eigenvalue weighted by atomic mass is 9.86. The first-order chi connectivity index (χ1) is 16.4. The summed E-state index contributed by atoms with van der Waals surface area (Å²) >= 11 is 0. The van der Waals surface area contributed by atoms with Gasteiger partial charge in [0.1, 0.15) is 23.5 Å². The van der Waals surface area contributed by atoms with Gasteiger partial charge in [0.2, 0.25) is 0 Å². The summed E-state index contributed by atoms with van der Waals surface area (Å²) in [5, 5.41) is 7.24. The quantitative estimate of drug-likeness (QED) is 0.267. The topological polar surface area (TPSA) is 104 Å². The van der Waals surface area contributed by atoms with Crippen LogP contribution in [0.5, 0.6) is 0 Å². The van der Waals surface area contributed by atoms with Crippen molar-refractivity contribution in [1.29, 1.82) is 0 Å². The Morgan fingerprint density at radius 1 is 1.20 bits per heavy atom. The van der Waals surface area contributed by atoms with Crippen LogP contribution in [0.3, 0.4) is 0 Å². The van der Waals surface area contributed by atoms with E-state index in [-0.39, 0.29) is 18.7 Å². The number of nitrogens with one attached hydrogen (secondary N) is 2. The molecule has 194 valence electrons. The van der Waals surface area contributed by atoms with E-state index in [2.05, 4.69) is 35.3 Å². The first-order valence-corrected chi connectivity index (χ1v) is 16.1. The first-order valence-electron chi connectivity index (χ1n) is 12.3. The van der Waals surface area contributed by atoms with Crippen LogP contribution in [0.15, 0.2) is 18.5 Å². The van der Waals surface area contributed by atoms with Gasteiger partial charge in [-0.3, -0.25) is 0 Å². The molecule has 0 spiro atoms. The van der Waals surface area contributed by atoms with E-state index in [1.807, 2.05) is 37.6 Å². The highest BCUT2D eigenvalue weighted by atomic mass is 28.3. The van der Waals surface area contributed by atoms with E-state index >= 15 is 0 Å². The third-order valence-electron chi connectivity index (χ3n) is 5.72. The Morgan fingerprint density at radius 3 is 2.54 bits per heavy atom. The van der Waals surface area contributed by atoms with Gasteiger partial charge in [-0.1, -0.05) is 19.6 Å². The summed E-state index contributed by atoms with van der Waals surface area (Å²) in [5.74, 6) is -0.411. The number of rotatable bonds is 10. The molecule has 35 heavy (non-hydrogen) atoms. The van der Waals surface area contributed by atoms with Gasteiger partial charge >= 0.3 is 12.1 Å². The summed E-state index contributed by atoms with van der Waals surface area (Å²) in [5.41, 5.74) is 1.32. The Hall–Kier alpha value is -2.59. The molecule has 1 aliphatic rings. The maximum Gasteiger partial charge on any atom is 0.407 e. The second-order valence-corrected chi connectivity index (χ2v) is 16.9. The van der Waals surface area contributed by atoms with Gasteiger partial charge < -0.3 is 29.4 Å². The lowest BCUT2D eigenvalue weighted by molar-refractivity contribution is 0.0474. The number of fused-ring (bicyclic) bond motifs is 1. The third kappa shape index (κ3) is 7.70. The number of ether oxygens (including phenoxy) is 3. The highest BCUT2D eigenvalue weighted by Crippen LogP contribution is 2.32. The SMILES string of the molecule is CCOC(=O)c1cnc2c(ccn2COCC[Si](C)(C)C)c1N[C@H]1C[C@@H](NC(=O)OC(C)(C)C)C1. The molecule has 0 bridgehead atoms. The number of hydrogen-bond donors (Lipinski definition) is 2. The molecule has 3 rings (SSSR count). The Labute approximate surface area is 208 Å². The van der Waals surface area contributed by atoms with Gasteiger partial charge in [-0.05, 0) is 52.6 Å². The van der Waals surface area contributed by atoms with Crippen molar-refractivity contribution in [2.75, 3.05) is 18.5 Å². The highest BCUT2D eigenvalue weighted by molar-refractivity contribution is 6.76. The van der Waals surface area contributed by atoms with Crippen LogP contribution in [0.2, 0.25) is 25.7 Å². The van der Waals surface area contributed by atoms with E-state index in [1.54, 1.807) is 13.1 Å². The van der Waals surface area contributed by atoms with E-state index < -0.39 is 25.7 Å². The van der Waals surface area contributed by atoms with Crippen LogP contribution < -0.4 is 10.6 Å². The normalized spacial score (nSPS) is 18.1. The van der Waals surface area contributed by atoms with Gasteiger partial charge in [0.25, 0.3) is 0 Å². The third-order valence-corrected chi connectivity index (χ3v) is 7.42. The molecule has 0 radical (unpaired) electrons. The average Bonchev–Trinajstić information content (AvgIpc) is 3.11. The monoisotopic (exact) mass is 504 g/mol. The summed E-state index contributed by atoms with van der Waals surface area (Å²) in [6, 6.07) is 3.17. The number of carbonyl (C=O) groups excluding carboxylic acids is 2. The predicted molar refractivity (Wildman–Crippen MR) is 140 cm³/mol. The number of carbonyl (C=O) groups is 2. The van der Waals surface area contributed by atoms with Crippen molar-refractivity contribution in [2.24, 2.45) is 0 Å². The second kappa shape index (κ2) is 11.0. The van der Waals surface area contributed by atoms with Gasteiger partial charge in [-0.2, -0.15) is 0 Å². The van der Waals surface area contributed by atoms with Crippen LogP contribution in [0.25, 0.3) is 11.0 Å². The Bertz CT molecular complexity index is 1030. The fraction of sp³-hybridized carbons (Fsp3) is 0.640. The lowest BCUT2D eigenvalue weighted by Crippen LogP contribution is -2.50. The van der Waals surface area contributed by atoms with Crippen molar-refractivity contribution in [1.82, 2.24) is 14.9 Å². The molecule has 2 aromatic rings. The van der Waals surface area contributed by atoms with Gasteiger partial charge in [-0.15, -0.1) is 0 Å². The molecule has 1 saturated carbocycles. The summed E-state index contributed by atoms with van der Waals surface area (Å²) in [6.07, 6.45) is 4.54. The molecule has 1 fully saturated rings. The molecule has 0 saturated heterocycles. The fourth-order valence-electron chi connectivity index (χ4n) is 3.83. The summed E-state index contributed by atoms with van der Waals surface area (Å²) in [7, 11) is -1.16. The van der Waals surface area contributed by atoms with Crippen LogP contribution in [0, 0.1) is 0 Å². The molecule has 2 heterocycles. The second-order valence-electron chi connectivity index (χ2n) is 11.3. The molecule has 0 aromatic carbocycles. The Morgan fingerprint density at radius 2 is 1.91 bits per heavy atom. The number of esters is 1. The maximum absolute atomic E-state index is 12.6. The molecule has 1 amide bonds. The van der Waals surface area contributed by atoms with Crippen molar-refractivity contribution in [3.8, 4) is 0 Å². The zero-order chi connectivity index (χ0) is 25.8. The molecule has 9 nitrogen and oxygen atoms in total. The fourth-order valence-corrected chi connectivity index (χ4v) is 4.59. The van der Waals surface area contributed by atoms with Crippen molar-refractivity contribution < 1.29 is 23.8 Å². The molecule has 2 N–H and O–H groups in total. The van der Waals surface area contributed by atoms with E-state index in [0.717, 1.165) is 36.5 Å². The number of pyridine rings is 1. The molecule has 2 aromatic heterocycles. The van der Waals surface area contributed by atoms with Crippen LogP contribution in [-0.4, -0.2) is 60.6 Å². The molecule has 10 heteroatoms. The van der Waals surface area contributed by atoms with Gasteiger partial charge in [0, 0.05) is 44.5 Å². The smallest absolute Gasteiger partial charge is 0.407 e. The largest absolute Gasteiger partial charge is 0.462 e. The van der Waals surface area contributed by atoms with Crippen molar-refractivity contribution >= 4 is 36.9 Å². The van der Waals surface area contributed by atoms with E-state index in [4.69, 9.17) is 14.2 Å². The van der Waals surface area contributed by atoms with E-state index in [0.29, 0.717) is 18.0 Å². The summed E-state index contributed by atoms with van der Waals surface area (Å²) in [6.45, 7) is 15.7. The molecular weight excluding hydrogens is 464 g/mol. The van der Waals surface area contributed by atoms with Crippen LogP contribution in [0.4, 0.5) is 10.5 Å². The van der Waals surface area contributed by atoms with Gasteiger partial charge in [0.15, 0.2) is 0 Å². The summed E-state index contributed by atoms with van der Waals surface area (Å²) < 4.78 is 18.5. The minimum Gasteiger partial charge on any atom is -0.462 e. The Balaban J connectivity index is 1.71. The van der Waals surface area contributed by atoms with Crippen LogP contribution in [0.1, 0.15) is 50.9 Å². The number of anilines is 1. The first kappa shape index (κ1) is 27.0. The zero-order valence-corrected chi connectivity index (χ0v) is 23.1. The molecule has 0 aliphatic heterocycles. The number of nitrogens with zero attached hydrogens (tertiary/aromatic N) is 2. The van der Waals surface area contributed by atoms with E-state index in [1.165, 1.54) is 0 Å². The average molecular weight is 505 g/mol. The van der Waals surface area contributed by atoms with Gasteiger partial charge in [0.05, 0.1) is 12.3 Å². The van der Waals surface area contributed by atoms with Gasteiger partial charge in [-0.25, -0.2) is 14.6 Å². The number of amides is 1. The minimum absolute atomic E-state index is 0.0232. The Kier molecular flexibility index (Phi) is 8.48. The minimum atomic E-state index is -1.16. The highest BCUT2D eigenvalue weighted by Gasteiger charge is 2.33. The van der Waals surface area contributed by atoms with Crippen molar-refractivity contribution in [3.05, 3.63) is 24.0 Å². The molecule has 1 aliphatic carbocycles. The number of aromatic nitrogens is 2.